The SMILES string of the molecule is COC(=O)C(CCSC)NC(=O)c1ccc([N+](=O)[O-])cc1. The fourth-order valence-corrected chi connectivity index (χ4v) is 2.07. The average Bonchev–Trinajstić information content (AvgIpc) is 2.50. The number of nitro benzene ring substituents is 1. The lowest BCUT2D eigenvalue weighted by atomic mass is 10.1. The van der Waals surface area contributed by atoms with Crippen molar-refractivity contribution in [2.24, 2.45) is 0 Å². The van der Waals surface area contributed by atoms with E-state index in [-0.39, 0.29) is 11.3 Å². The molecule has 7 nitrogen and oxygen atoms in total. The van der Waals surface area contributed by atoms with Gasteiger partial charge in [0, 0.05) is 17.7 Å². The van der Waals surface area contributed by atoms with E-state index in [1.165, 1.54) is 31.4 Å². The number of methoxy groups -OCH3 is 1. The summed E-state index contributed by atoms with van der Waals surface area (Å²) in [6.45, 7) is 0. The second kappa shape index (κ2) is 8.25. The van der Waals surface area contributed by atoms with Crippen LogP contribution in [0.4, 0.5) is 5.69 Å². The predicted octanol–water partition coefficient (Wildman–Crippen LogP) is 1.62. The minimum atomic E-state index is -0.731. The number of nitrogens with one attached hydrogen (secondary N) is 1. The van der Waals surface area contributed by atoms with Gasteiger partial charge in [-0.1, -0.05) is 0 Å². The van der Waals surface area contributed by atoms with Crippen LogP contribution in [0.1, 0.15) is 16.8 Å². The van der Waals surface area contributed by atoms with Crippen molar-refractivity contribution in [1.29, 1.82) is 0 Å². The summed E-state index contributed by atoms with van der Waals surface area (Å²) in [5.74, 6) is -0.291. The standard InChI is InChI=1S/C13H16N2O5S/c1-20-13(17)11(7-8-21-2)14-12(16)9-3-5-10(6-4-9)15(18)19/h3-6,11H,7-8H2,1-2H3,(H,14,16). The minimum absolute atomic E-state index is 0.0987. The van der Waals surface area contributed by atoms with Crippen LogP contribution in [0.2, 0.25) is 0 Å². The highest BCUT2D eigenvalue weighted by molar-refractivity contribution is 7.98. The molecule has 0 aromatic heterocycles. The van der Waals surface area contributed by atoms with Crippen molar-refractivity contribution in [3.63, 3.8) is 0 Å². The highest BCUT2D eigenvalue weighted by Gasteiger charge is 2.21. The Morgan fingerprint density at radius 3 is 2.48 bits per heavy atom. The number of carbonyl (C=O) groups is 2. The molecule has 0 fully saturated rings. The van der Waals surface area contributed by atoms with Gasteiger partial charge < -0.3 is 10.1 Å². The predicted molar refractivity (Wildman–Crippen MR) is 79.4 cm³/mol. The topological polar surface area (TPSA) is 98.5 Å². The summed E-state index contributed by atoms with van der Waals surface area (Å²) >= 11 is 1.55. The van der Waals surface area contributed by atoms with Crippen LogP contribution in [0, 0.1) is 10.1 Å². The maximum Gasteiger partial charge on any atom is 0.328 e. The molecule has 0 aliphatic heterocycles. The molecule has 0 bridgehead atoms. The summed E-state index contributed by atoms with van der Waals surface area (Å²) < 4.78 is 4.64. The zero-order chi connectivity index (χ0) is 15.8. The fourth-order valence-electron chi connectivity index (χ4n) is 1.60. The van der Waals surface area contributed by atoms with Gasteiger partial charge in [0.05, 0.1) is 12.0 Å². The molecule has 0 saturated heterocycles. The van der Waals surface area contributed by atoms with Crippen molar-refractivity contribution in [3.8, 4) is 0 Å². The van der Waals surface area contributed by atoms with Crippen molar-refractivity contribution in [3.05, 3.63) is 39.9 Å². The average molecular weight is 312 g/mol. The number of hydrogen-bond donors (Lipinski definition) is 1. The summed E-state index contributed by atoms with van der Waals surface area (Å²) in [5.41, 5.74) is 0.150. The Labute approximate surface area is 126 Å². The van der Waals surface area contributed by atoms with E-state index in [1.807, 2.05) is 6.26 Å². The van der Waals surface area contributed by atoms with Crippen LogP contribution >= 0.6 is 11.8 Å². The molecule has 1 aromatic rings. The van der Waals surface area contributed by atoms with Crippen LogP contribution in [0.5, 0.6) is 0 Å². The molecule has 1 N–H and O–H groups in total. The Morgan fingerprint density at radius 1 is 1.38 bits per heavy atom. The maximum absolute atomic E-state index is 12.0. The molecule has 1 atom stereocenters. The molecule has 0 radical (unpaired) electrons. The third-order valence-corrected chi connectivity index (χ3v) is 3.39. The number of benzene rings is 1. The van der Waals surface area contributed by atoms with Gasteiger partial charge in [-0.05, 0) is 30.6 Å². The second-order valence-corrected chi connectivity index (χ2v) is 5.12. The Balaban J connectivity index is 2.76. The van der Waals surface area contributed by atoms with Crippen molar-refractivity contribution >= 4 is 29.3 Å². The fraction of sp³-hybridized carbons (Fsp3) is 0.385. The molecule has 1 unspecified atom stereocenters. The zero-order valence-electron chi connectivity index (χ0n) is 11.7. The number of amides is 1. The second-order valence-electron chi connectivity index (χ2n) is 4.13. The van der Waals surface area contributed by atoms with E-state index in [9.17, 15) is 19.7 Å². The van der Waals surface area contributed by atoms with E-state index in [0.717, 1.165) is 0 Å². The third kappa shape index (κ3) is 5.07. The van der Waals surface area contributed by atoms with Crippen molar-refractivity contribution < 1.29 is 19.2 Å². The van der Waals surface area contributed by atoms with Crippen LogP contribution in [-0.2, 0) is 9.53 Å². The van der Waals surface area contributed by atoms with Gasteiger partial charge in [-0.15, -0.1) is 0 Å². The summed E-state index contributed by atoms with van der Waals surface area (Å²) in [6.07, 6.45) is 2.35. The quantitative estimate of drug-likeness (QED) is 0.466. The lowest BCUT2D eigenvalue weighted by Gasteiger charge is -2.15. The Kier molecular flexibility index (Phi) is 6.67. The van der Waals surface area contributed by atoms with Crippen LogP contribution in [-0.4, -0.2) is 42.0 Å². The van der Waals surface area contributed by atoms with Gasteiger partial charge in [-0.2, -0.15) is 11.8 Å². The van der Waals surface area contributed by atoms with Crippen LogP contribution in [0.3, 0.4) is 0 Å². The number of thioether (sulfide) groups is 1. The molecule has 21 heavy (non-hydrogen) atoms. The molecule has 0 aliphatic carbocycles. The summed E-state index contributed by atoms with van der Waals surface area (Å²) in [7, 11) is 1.26. The third-order valence-electron chi connectivity index (χ3n) is 2.74. The van der Waals surface area contributed by atoms with Gasteiger partial charge in [0.1, 0.15) is 6.04 Å². The normalized spacial score (nSPS) is 11.5. The first-order valence-corrected chi connectivity index (χ1v) is 7.51. The van der Waals surface area contributed by atoms with E-state index in [0.29, 0.717) is 12.2 Å². The Morgan fingerprint density at radius 2 is 2.00 bits per heavy atom. The van der Waals surface area contributed by atoms with Gasteiger partial charge in [0.25, 0.3) is 11.6 Å². The van der Waals surface area contributed by atoms with E-state index >= 15 is 0 Å². The smallest absolute Gasteiger partial charge is 0.328 e. The van der Waals surface area contributed by atoms with Crippen LogP contribution < -0.4 is 5.32 Å². The monoisotopic (exact) mass is 312 g/mol. The van der Waals surface area contributed by atoms with Gasteiger partial charge in [0.2, 0.25) is 0 Å². The zero-order valence-corrected chi connectivity index (χ0v) is 12.5. The number of ether oxygens (including phenoxy) is 1. The van der Waals surface area contributed by atoms with Gasteiger partial charge in [0.15, 0.2) is 0 Å². The lowest BCUT2D eigenvalue weighted by Crippen LogP contribution is -2.41. The number of carbonyl (C=O) groups excluding carboxylic acids is 2. The Bertz CT molecular complexity index is 518. The highest BCUT2D eigenvalue weighted by Crippen LogP contribution is 2.12. The number of esters is 1. The molecule has 1 amide bonds. The molecular formula is C13H16N2O5S. The molecule has 0 heterocycles. The number of nitro groups is 1. The van der Waals surface area contributed by atoms with E-state index in [2.05, 4.69) is 10.1 Å². The molecule has 0 spiro atoms. The first kappa shape index (κ1) is 17.0. The van der Waals surface area contributed by atoms with E-state index in [1.54, 1.807) is 11.8 Å². The molecular weight excluding hydrogens is 296 g/mol. The van der Waals surface area contributed by atoms with Crippen LogP contribution in [0.25, 0.3) is 0 Å². The molecule has 114 valence electrons. The number of nitrogens with zero attached hydrogens (tertiary/aromatic N) is 1. The summed E-state index contributed by atoms with van der Waals surface area (Å²) in [4.78, 5) is 33.6. The first-order valence-electron chi connectivity index (χ1n) is 6.11. The van der Waals surface area contributed by atoms with Gasteiger partial charge in [-0.25, -0.2) is 4.79 Å². The van der Waals surface area contributed by atoms with Crippen molar-refractivity contribution in [1.82, 2.24) is 5.32 Å². The Hall–Kier alpha value is -2.09. The molecule has 8 heteroatoms. The first-order chi connectivity index (χ1) is 9.99. The van der Waals surface area contributed by atoms with Gasteiger partial charge >= 0.3 is 5.97 Å². The van der Waals surface area contributed by atoms with Crippen molar-refractivity contribution in [2.75, 3.05) is 19.1 Å². The summed E-state index contributed by atoms with van der Waals surface area (Å²) in [5, 5.41) is 13.1. The minimum Gasteiger partial charge on any atom is -0.467 e. The molecule has 1 aromatic carbocycles. The maximum atomic E-state index is 12.0. The highest BCUT2D eigenvalue weighted by atomic mass is 32.2. The van der Waals surface area contributed by atoms with Crippen molar-refractivity contribution in [2.45, 2.75) is 12.5 Å². The number of non-ortho nitro benzene ring substituents is 1. The van der Waals surface area contributed by atoms with Crippen LogP contribution in [0.15, 0.2) is 24.3 Å². The van der Waals surface area contributed by atoms with E-state index < -0.39 is 22.8 Å². The molecule has 0 saturated carbocycles. The largest absolute Gasteiger partial charge is 0.467 e. The van der Waals surface area contributed by atoms with Gasteiger partial charge in [-0.3, -0.25) is 14.9 Å². The number of hydrogen-bond acceptors (Lipinski definition) is 6. The molecule has 1 rings (SSSR count). The summed E-state index contributed by atoms with van der Waals surface area (Å²) in [6, 6.07) is 4.44. The lowest BCUT2D eigenvalue weighted by molar-refractivity contribution is -0.384. The van der Waals surface area contributed by atoms with E-state index in [4.69, 9.17) is 0 Å². The molecule has 0 aliphatic rings. The number of rotatable bonds is 7.